The molecule has 2 fully saturated rings. The van der Waals surface area contributed by atoms with E-state index < -0.39 is 12.0 Å². The highest BCUT2D eigenvalue weighted by Gasteiger charge is 2.29. The molecule has 2 saturated heterocycles. The molecule has 0 saturated carbocycles. The van der Waals surface area contributed by atoms with Gasteiger partial charge in [-0.1, -0.05) is 30.2 Å². The molecule has 0 radical (unpaired) electrons. The van der Waals surface area contributed by atoms with Gasteiger partial charge in [-0.05, 0) is 50.7 Å². The standard InChI is InChI=1S/C31H41N7O4/c1-4-15-38(31(42)37-18-9-10-19-37)26-22-32-30(35(5-2)6-3)34-28(26)33-25(29(40)41)20-23-11-13-24(14-12-23)21-27(39)36-16-7-8-17-36/h1,11-14,22,25H,5-10,15-21H2,2-3H3,(H,40,41)(H,32,33,34)/t25-/m0/s1. The lowest BCUT2D eigenvalue weighted by molar-refractivity contribution is -0.138. The maximum absolute atomic E-state index is 13.4. The zero-order valence-corrected chi connectivity index (χ0v) is 24.6. The fraction of sp³-hybridized carbons (Fsp3) is 0.516. The van der Waals surface area contributed by atoms with E-state index in [1.807, 2.05) is 47.9 Å². The summed E-state index contributed by atoms with van der Waals surface area (Å²) in [6.45, 7) is 8.18. The Morgan fingerprint density at radius 2 is 1.60 bits per heavy atom. The molecule has 42 heavy (non-hydrogen) atoms. The van der Waals surface area contributed by atoms with E-state index in [0.717, 1.165) is 49.9 Å². The number of carbonyl (C=O) groups excluding carboxylic acids is 2. The minimum atomic E-state index is -1.06. The second kappa shape index (κ2) is 14.5. The highest BCUT2D eigenvalue weighted by molar-refractivity contribution is 5.96. The van der Waals surface area contributed by atoms with E-state index in [9.17, 15) is 19.5 Å². The number of terminal acetylenes is 1. The molecule has 2 N–H and O–H groups in total. The largest absolute Gasteiger partial charge is 0.480 e. The van der Waals surface area contributed by atoms with Crippen molar-refractivity contribution in [2.45, 2.75) is 58.4 Å². The van der Waals surface area contributed by atoms with Crippen LogP contribution in [0.4, 0.5) is 22.2 Å². The number of benzene rings is 1. The molecule has 1 aromatic heterocycles. The van der Waals surface area contributed by atoms with Gasteiger partial charge in [0.25, 0.3) is 0 Å². The summed E-state index contributed by atoms with van der Waals surface area (Å²) in [5, 5.41) is 13.3. The molecule has 0 bridgehead atoms. The summed E-state index contributed by atoms with van der Waals surface area (Å²) < 4.78 is 0. The summed E-state index contributed by atoms with van der Waals surface area (Å²) >= 11 is 0. The molecule has 0 spiro atoms. The first-order valence-corrected chi connectivity index (χ1v) is 14.8. The molecule has 2 aromatic rings. The van der Waals surface area contributed by atoms with Crippen LogP contribution in [0.25, 0.3) is 0 Å². The Morgan fingerprint density at radius 1 is 1.00 bits per heavy atom. The van der Waals surface area contributed by atoms with Crippen LogP contribution in [0.2, 0.25) is 0 Å². The molecule has 3 amide bonds. The Morgan fingerprint density at radius 3 is 2.17 bits per heavy atom. The van der Waals surface area contributed by atoms with E-state index in [0.29, 0.717) is 44.2 Å². The Labute approximate surface area is 247 Å². The second-order valence-electron chi connectivity index (χ2n) is 10.7. The monoisotopic (exact) mass is 575 g/mol. The van der Waals surface area contributed by atoms with Crippen molar-refractivity contribution < 1.29 is 19.5 Å². The molecule has 2 aliphatic rings. The van der Waals surface area contributed by atoms with E-state index in [1.54, 1.807) is 11.1 Å². The van der Waals surface area contributed by atoms with Gasteiger partial charge in [0.15, 0.2) is 5.82 Å². The summed E-state index contributed by atoms with van der Waals surface area (Å²) in [5.41, 5.74) is 2.02. The molecule has 1 aromatic carbocycles. The van der Waals surface area contributed by atoms with Gasteiger partial charge < -0.3 is 25.1 Å². The number of likely N-dealkylation sites (tertiary alicyclic amines) is 2. The van der Waals surface area contributed by atoms with Gasteiger partial charge in [0.2, 0.25) is 11.9 Å². The quantitative estimate of drug-likeness (QED) is 0.370. The van der Waals surface area contributed by atoms with E-state index in [1.165, 1.54) is 4.90 Å². The van der Waals surface area contributed by atoms with Crippen LogP contribution in [0.1, 0.15) is 50.7 Å². The van der Waals surface area contributed by atoms with Crippen molar-refractivity contribution in [1.82, 2.24) is 19.8 Å². The minimum absolute atomic E-state index is 0.00661. The Bertz CT molecular complexity index is 1280. The van der Waals surface area contributed by atoms with Crippen molar-refractivity contribution in [2.24, 2.45) is 0 Å². The lowest BCUT2D eigenvalue weighted by Crippen LogP contribution is -2.43. The molecular weight excluding hydrogens is 534 g/mol. The van der Waals surface area contributed by atoms with Crippen LogP contribution in [-0.4, -0.2) is 94.6 Å². The topological polar surface area (TPSA) is 122 Å². The highest BCUT2D eigenvalue weighted by atomic mass is 16.4. The van der Waals surface area contributed by atoms with Gasteiger partial charge in [-0.25, -0.2) is 14.6 Å². The van der Waals surface area contributed by atoms with Crippen LogP contribution in [0.15, 0.2) is 30.5 Å². The third-order valence-electron chi connectivity index (χ3n) is 7.84. The van der Waals surface area contributed by atoms with Gasteiger partial charge in [-0.2, -0.15) is 4.98 Å². The van der Waals surface area contributed by atoms with E-state index >= 15 is 0 Å². The number of aromatic nitrogens is 2. The van der Waals surface area contributed by atoms with E-state index in [-0.39, 0.29) is 30.7 Å². The molecule has 0 aliphatic carbocycles. The Hall–Kier alpha value is -4.33. The Balaban J connectivity index is 1.58. The van der Waals surface area contributed by atoms with Crippen molar-refractivity contribution in [3.8, 4) is 12.3 Å². The van der Waals surface area contributed by atoms with Gasteiger partial charge in [0.1, 0.15) is 11.7 Å². The number of carboxylic acid groups (broad SMARTS) is 1. The molecule has 3 heterocycles. The zero-order chi connectivity index (χ0) is 30.1. The number of carbonyl (C=O) groups is 3. The first-order chi connectivity index (χ1) is 20.3. The number of nitrogens with zero attached hydrogens (tertiary/aromatic N) is 6. The summed E-state index contributed by atoms with van der Waals surface area (Å²) in [4.78, 5) is 54.6. The van der Waals surface area contributed by atoms with Gasteiger partial charge in [0, 0.05) is 45.7 Å². The van der Waals surface area contributed by atoms with Gasteiger partial charge >= 0.3 is 12.0 Å². The first-order valence-electron chi connectivity index (χ1n) is 14.8. The zero-order valence-electron chi connectivity index (χ0n) is 24.6. The number of carboxylic acids is 1. The fourth-order valence-corrected chi connectivity index (χ4v) is 5.40. The number of amides is 3. The number of rotatable bonds is 12. The summed E-state index contributed by atoms with van der Waals surface area (Å²) in [6.07, 6.45) is 11.6. The maximum Gasteiger partial charge on any atom is 0.326 e. The summed E-state index contributed by atoms with van der Waals surface area (Å²) in [6, 6.07) is 6.16. The first kappa shape index (κ1) is 30.6. The summed E-state index contributed by atoms with van der Waals surface area (Å²) in [5.74, 6) is 2.26. The smallest absolute Gasteiger partial charge is 0.326 e. The SMILES string of the molecule is C#CCN(C(=O)N1CCCC1)c1cnc(N(CC)CC)nc1N[C@@H](Cc1ccc(CC(=O)N2CCCC2)cc1)C(=O)O. The molecule has 1 atom stereocenters. The lowest BCUT2D eigenvalue weighted by Gasteiger charge is -2.29. The third-order valence-corrected chi connectivity index (χ3v) is 7.84. The molecular formula is C31H41N7O4. The van der Waals surface area contributed by atoms with E-state index in [2.05, 4.69) is 16.2 Å². The number of aliphatic carboxylic acids is 1. The van der Waals surface area contributed by atoms with Crippen molar-refractivity contribution in [2.75, 3.05) is 60.9 Å². The highest BCUT2D eigenvalue weighted by Crippen LogP contribution is 2.28. The van der Waals surface area contributed by atoms with Crippen molar-refractivity contribution in [3.05, 3.63) is 41.6 Å². The normalized spacial score (nSPS) is 15.3. The maximum atomic E-state index is 13.4. The van der Waals surface area contributed by atoms with Crippen LogP contribution in [0.3, 0.4) is 0 Å². The number of urea groups is 1. The predicted octanol–water partition coefficient (Wildman–Crippen LogP) is 3.25. The second-order valence-corrected chi connectivity index (χ2v) is 10.7. The average molecular weight is 576 g/mol. The lowest BCUT2D eigenvalue weighted by atomic mass is 10.0. The van der Waals surface area contributed by atoms with Crippen LogP contribution in [0, 0.1) is 12.3 Å². The molecule has 11 nitrogen and oxygen atoms in total. The van der Waals surface area contributed by atoms with Gasteiger partial charge in [-0.3, -0.25) is 9.69 Å². The van der Waals surface area contributed by atoms with Crippen LogP contribution >= 0.6 is 0 Å². The Kier molecular flexibility index (Phi) is 10.6. The third kappa shape index (κ3) is 7.49. The van der Waals surface area contributed by atoms with Crippen molar-refractivity contribution >= 4 is 35.4 Å². The van der Waals surface area contributed by atoms with E-state index in [4.69, 9.17) is 11.4 Å². The van der Waals surface area contributed by atoms with Crippen LogP contribution in [0.5, 0.6) is 0 Å². The molecule has 224 valence electrons. The number of nitrogens with one attached hydrogen (secondary N) is 1. The molecule has 4 rings (SSSR count). The van der Waals surface area contributed by atoms with Crippen LogP contribution < -0.4 is 15.1 Å². The minimum Gasteiger partial charge on any atom is -0.480 e. The van der Waals surface area contributed by atoms with Crippen molar-refractivity contribution in [1.29, 1.82) is 0 Å². The molecule has 11 heteroatoms. The van der Waals surface area contributed by atoms with Crippen molar-refractivity contribution in [3.63, 3.8) is 0 Å². The molecule has 2 aliphatic heterocycles. The van der Waals surface area contributed by atoms with Gasteiger partial charge in [-0.15, -0.1) is 6.42 Å². The average Bonchev–Trinajstić information content (AvgIpc) is 3.73. The van der Waals surface area contributed by atoms with Crippen LogP contribution in [-0.2, 0) is 22.4 Å². The number of anilines is 3. The molecule has 0 unspecified atom stereocenters. The number of hydrogen-bond acceptors (Lipinski definition) is 7. The fourth-order valence-electron chi connectivity index (χ4n) is 5.40. The predicted molar refractivity (Wildman–Crippen MR) is 163 cm³/mol. The number of hydrogen-bond donors (Lipinski definition) is 2. The summed E-state index contributed by atoms with van der Waals surface area (Å²) in [7, 11) is 0. The van der Waals surface area contributed by atoms with Gasteiger partial charge in [0.05, 0.1) is 19.2 Å².